The molecule has 25 heavy (non-hydrogen) atoms. The summed E-state index contributed by atoms with van der Waals surface area (Å²) in [6, 6.07) is 9.53. The van der Waals surface area contributed by atoms with E-state index in [-0.39, 0.29) is 0 Å². The van der Waals surface area contributed by atoms with Gasteiger partial charge in [0.05, 0.1) is 5.75 Å². The van der Waals surface area contributed by atoms with E-state index >= 15 is 0 Å². The Morgan fingerprint density at radius 3 is 2.36 bits per heavy atom. The fourth-order valence-electron chi connectivity index (χ4n) is 3.48. The summed E-state index contributed by atoms with van der Waals surface area (Å²) in [5.41, 5.74) is -0.141. The quantitative estimate of drug-likeness (QED) is 0.757. The summed E-state index contributed by atoms with van der Waals surface area (Å²) in [7, 11) is -3.62. The molecule has 1 aromatic carbocycles. The predicted molar refractivity (Wildman–Crippen MR) is 93.3 cm³/mol. The minimum atomic E-state index is -3.62. The summed E-state index contributed by atoms with van der Waals surface area (Å²) in [6.45, 7) is 2.34. The van der Waals surface area contributed by atoms with Gasteiger partial charge in [0.15, 0.2) is 0 Å². The van der Waals surface area contributed by atoms with Crippen LogP contribution in [0.5, 0.6) is 0 Å². The summed E-state index contributed by atoms with van der Waals surface area (Å²) in [6.07, 6.45) is 2.54. The summed E-state index contributed by atoms with van der Waals surface area (Å²) < 4.78 is 26.8. The lowest BCUT2D eigenvalue weighted by Crippen LogP contribution is -2.53. The van der Waals surface area contributed by atoms with Gasteiger partial charge in [-0.25, -0.2) is 17.5 Å². The predicted octanol–water partition coefficient (Wildman–Crippen LogP) is 0.869. The topological polar surface area (TPSA) is 95.6 Å². The number of nitrogens with one attached hydrogen (secondary N) is 2. The van der Waals surface area contributed by atoms with E-state index in [9.17, 15) is 18.0 Å². The number of amides is 3. The van der Waals surface area contributed by atoms with Crippen molar-refractivity contribution in [2.24, 2.45) is 5.92 Å². The number of sulfonamides is 1. The van der Waals surface area contributed by atoms with Gasteiger partial charge in [0, 0.05) is 13.1 Å². The summed E-state index contributed by atoms with van der Waals surface area (Å²) in [4.78, 5) is 23.1. The van der Waals surface area contributed by atoms with Gasteiger partial charge in [-0.05, 0) is 37.7 Å². The lowest BCUT2D eigenvalue weighted by Gasteiger charge is -2.33. The number of urea groups is 1. The molecular formula is C17H23N3O4S. The number of rotatable bonds is 5. The third-order valence-electron chi connectivity index (χ3n) is 4.92. The maximum absolute atomic E-state index is 12.7. The van der Waals surface area contributed by atoms with Crippen LogP contribution in [0.15, 0.2) is 30.3 Å². The zero-order valence-corrected chi connectivity index (χ0v) is 15.0. The number of hydrogen-bond donors (Lipinski definition) is 2. The van der Waals surface area contributed by atoms with Gasteiger partial charge in [-0.1, -0.05) is 30.3 Å². The van der Waals surface area contributed by atoms with Crippen LogP contribution >= 0.6 is 0 Å². The van der Waals surface area contributed by atoms with Gasteiger partial charge < -0.3 is 5.32 Å². The Morgan fingerprint density at radius 1 is 1.16 bits per heavy atom. The van der Waals surface area contributed by atoms with E-state index in [0.717, 1.165) is 19.3 Å². The Bertz CT molecular complexity index is 757. The number of imide groups is 1. The highest BCUT2D eigenvalue weighted by atomic mass is 32.2. The molecule has 2 N–H and O–H groups in total. The van der Waals surface area contributed by atoms with Gasteiger partial charge in [0.25, 0.3) is 5.91 Å². The second kappa shape index (κ2) is 6.76. The van der Waals surface area contributed by atoms with E-state index in [4.69, 9.17) is 0 Å². The van der Waals surface area contributed by atoms with Crippen molar-refractivity contribution < 1.29 is 18.0 Å². The molecule has 0 bridgehead atoms. The first kappa shape index (κ1) is 17.9. The number of piperidine rings is 1. The van der Waals surface area contributed by atoms with Crippen molar-refractivity contribution in [2.45, 2.75) is 31.7 Å². The number of nitrogens with zero attached hydrogens (tertiary/aromatic N) is 1. The summed E-state index contributed by atoms with van der Waals surface area (Å²) in [5.74, 6) is -0.556. The molecule has 2 heterocycles. The number of benzene rings is 1. The van der Waals surface area contributed by atoms with Crippen LogP contribution in [0, 0.1) is 5.92 Å². The largest absolute Gasteiger partial charge is 0.322 e. The van der Waals surface area contributed by atoms with Crippen LogP contribution < -0.4 is 10.6 Å². The first-order valence-corrected chi connectivity index (χ1v) is 10.0. The molecule has 2 aliphatic heterocycles. The zero-order valence-electron chi connectivity index (χ0n) is 14.2. The van der Waals surface area contributed by atoms with Gasteiger partial charge >= 0.3 is 6.03 Å². The molecule has 2 saturated heterocycles. The van der Waals surface area contributed by atoms with Gasteiger partial charge in [-0.3, -0.25) is 10.1 Å². The molecule has 8 heteroatoms. The van der Waals surface area contributed by atoms with E-state index in [1.54, 1.807) is 0 Å². The average Bonchev–Trinajstić information content (AvgIpc) is 2.80. The Balaban J connectivity index is 1.58. The highest BCUT2D eigenvalue weighted by molar-refractivity contribution is 7.89. The van der Waals surface area contributed by atoms with E-state index in [1.807, 2.05) is 18.2 Å². The molecular weight excluding hydrogens is 342 g/mol. The van der Waals surface area contributed by atoms with Crippen molar-refractivity contribution >= 4 is 22.0 Å². The first-order chi connectivity index (χ1) is 11.8. The average molecular weight is 365 g/mol. The monoisotopic (exact) mass is 365 g/mol. The third-order valence-corrected chi connectivity index (χ3v) is 7.02. The second-order valence-corrected chi connectivity index (χ2v) is 9.00. The highest BCUT2D eigenvalue weighted by Gasteiger charge is 2.46. The smallest absolute Gasteiger partial charge is 0.322 e. The Kier molecular flexibility index (Phi) is 4.83. The molecule has 136 valence electrons. The minimum absolute atomic E-state index is 0.416. The molecule has 0 spiro atoms. The summed E-state index contributed by atoms with van der Waals surface area (Å²) in [5, 5.41) is 4.51. The van der Waals surface area contributed by atoms with Gasteiger partial charge in [-0.15, -0.1) is 0 Å². The van der Waals surface area contributed by atoms with Crippen molar-refractivity contribution in [1.29, 1.82) is 0 Å². The number of carbonyl (C=O) groups is 2. The lowest BCUT2D eigenvalue weighted by molar-refractivity contribution is -0.122. The number of carbonyl (C=O) groups excluding carboxylic acids is 2. The molecule has 0 saturated carbocycles. The van der Waals surface area contributed by atoms with Crippen LogP contribution in [0.2, 0.25) is 0 Å². The molecule has 3 rings (SSSR count). The van der Waals surface area contributed by atoms with Crippen LogP contribution in [0.1, 0.15) is 25.3 Å². The van der Waals surface area contributed by atoms with Crippen LogP contribution in [0.25, 0.3) is 0 Å². The number of hydrogen-bond acceptors (Lipinski definition) is 4. The van der Waals surface area contributed by atoms with E-state index in [0.29, 0.717) is 19.0 Å². The Hall–Kier alpha value is -1.93. The molecule has 3 amide bonds. The SMILES string of the molecule is CC1(CS(=O)(=O)N2CCC(Cc3ccccc3)CC2)NC(=O)NC1=O. The van der Waals surface area contributed by atoms with Crippen LogP contribution in [0.4, 0.5) is 4.79 Å². The van der Waals surface area contributed by atoms with Crippen molar-refractivity contribution in [3.8, 4) is 0 Å². The van der Waals surface area contributed by atoms with Gasteiger partial charge in [-0.2, -0.15) is 0 Å². The van der Waals surface area contributed by atoms with E-state index < -0.39 is 33.3 Å². The minimum Gasteiger partial charge on any atom is -0.322 e. The Labute approximate surface area is 147 Å². The first-order valence-electron chi connectivity index (χ1n) is 8.44. The molecule has 0 aliphatic carbocycles. The van der Waals surface area contributed by atoms with E-state index in [1.165, 1.54) is 16.8 Å². The van der Waals surface area contributed by atoms with Crippen molar-refractivity contribution in [3.05, 3.63) is 35.9 Å². The second-order valence-electron chi connectivity index (χ2n) is 7.03. The fourth-order valence-corrected chi connectivity index (χ4v) is 5.36. The van der Waals surface area contributed by atoms with Crippen LogP contribution in [0.3, 0.4) is 0 Å². The lowest BCUT2D eigenvalue weighted by atomic mass is 9.91. The Morgan fingerprint density at radius 2 is 1.80 bits per heavy atom. The standard InChI is InChI=1S/C17H23N3O4S/c1-17(15(21)18-16(22)19-17)12-25(23,24)20-9-7-14(8-10-20)11-13-5-3-2-4-6-13/h2-6,14H,7-12H2,1H3,(H2,18,19,21,22). The van der Waals surface area contributed by atoms with Crippen molar-refractivity contribution in [1.82, 2.24) is 14.9 Å². The molecule has 1 atom stereocenters. The van der Waals surface area contributed by atoms with Crippen molar-refractivity contribution in [2.75, 3.05) is 18.8 Å². The molecule has 2 fully saturated rings. The van der Waals surface area contributed by atoms with Gasteiger partial charge in [0.1, 0.15) is 5.54 Å². The molecule has 2 aliphatic rings. The fraction of sp³-hybridized carbons (Fsp3) is 0.529. The summed E-state index contributed by atoms with van der Waals surface area (Å²) >= 11 is 0. The third kappa shape index (κ3) is 4.01. The molecule has 0 radical (unpaired) electrons. The zero-order chi connectivity index (χ0) is 18.1. The van der Waals surface area contributed by atoms with E-state index in [2.05, 4.69) is 22.8 Å². The van der Waals surface area contributed by atoms with Crippen LogP contribution in [-0.2, 0) is 21.2 Å². The van der Waals surface area contributed by atoms with Crippen molar-refractivity contribution in [3.63, 3.8) is 0 Å². The van der Waals surface area contributed by atoms with Gasteiger partial charge in [0.2, 0.25) is 10.0 Å². The maximum atomic E-state index is 12.7. The highest BCUT2D eigenvalue weighted by Crippen LogP contribution is 2.25. The molecule has 7 nitrogen and oxygen atoms in total. The maximum Gasteiger partial charge on any atom is 0.322 e. The molecule has 0 aromatic heterocycles. The molecule has 1 aromatic rings. The molecule has 1 unspecified atom stereocenters. The normalized spacial score (nSPS) is 25.6. The van der Waals surface area contributed by atoms with Crippen LogP contribution in [-0.4, -0.2) is 49.0 Å².